The van der Waals surface area contributed by atoms with Crippen molar-refractivity contribution in [3.05, 3.63) is 0 Å². The summed E-state index contributed by atoms with van der Waals surface area (Å²) >= 11 is 7.19. The SMILES string of the molecule is O=C([O-])CCN1C(=O)[C@@H]2[C@@H]3C[C@@H]([C@@H](Br)[C@H]3Br)[C@H]2C1=O. The number of carboxylic acid groups (broad SMARTS) is 1. The summed E-state index contributed by atoms with van der Waals surface area (Å²) in [6, 6.07) is 0. The molecule has 6 atom stereocenters. The Labute approximate surface area is 127 Å². The van der Waals surface area contributed by atoms with Gasteiger partial charge in [0.1, 0.15) is 0 Å². The molecule has 2 bridgehead atoms. The van der Waals surface area contributed by atoms with Crippen LogP contribution in [-0.4, -0.2) is 38.9 Å². The number of aliphatic carboxylic acids is 1. The molecule has 0 N–H and O–H groups in total. The molecule has 2 saturated carbocycles. The van der Waals surface area contributed by atoms with Gasteiger partial charge in [0.2, 0.25) is 11.8 Å². The van der Waals surface area contributed by atoms with E-state index < -0.39 is 5.97 Å². The number of halogens is 2. The van der Waals surface area contributed by atoms with Gasteiger partial charge < -0.3 is 9.90 Å². The van der Waals surface area contributed by atoms with Crippen LogP contribution >= 0.6 is 31.9 Å². The molecule has 0 aromatic heterocycles. The molecule has 1 saturated heterocycles. The maximum Gasteiger partial charge on any atom is 0.233 e. The number of nitrogens with zero attached hydrogens (tertiary/aromatic N) is 1. The first-order valence-electron chi connectivity index (χ1n) is 6.26. The number of hydrogen-bond donors (Lipinski definition) is 0. The van der Waals surface area contributed by atoms with Crippen molar-refractivity contribution in [3.63, 3.8) is 0 Å². The highest BCUT2D eigenvalue weighted by Gasteiger charge is 2.66. The van der Waals surface area contributed by atoms with Crippen LogP contribution in [0, 0.1) is 23.7 Å². The van der Waals surface area contributed by atoms with Crippen LogP contribution < -0.4 is 5.11 Å². The number of carbonyl (C=O) groups is 3. The van der Waals surface area contributed by atoms with Crippen molar-refractivity contribution in [1.29, 1.82) is 0 Å². The van der Waals surface area contributed by atoms with Gasteiger partial charge in [0.05, 0.1) is 11.8 Å². The molecular weight excluding hydrogens is 382 g/mol. The maximum absolute atomic E-state index is 12.3. The van der Waals surface area contributed by atoms with Crippen molar-refractivity contribution in [2.75, 3.05) is 6.54 Å². The number of rotatable bonds is 3. The number of imide groups is 1. The lowest BCUT2D eigenvalue weighted by Gasteiger charge is -2.28. The van der Waals surface area contributed by atoms with Crippen molar-refractivity contribution in [2.45, 2.75) is 22.5 Å². The normalized spacial score (nSPS) is 44.0. The number of alkyl halides is 2. The fraction of sp³-hybridized carbons (Fsp3) is 0.750. The van der Waals surface area contributed by atoms with Gasteiger partial charge in [-0.25, -0.2) is 0 Å². The number of carboxylic acids is 1. The van der Waals surface area contributed by atoms with E-state index in [1.54, 1.807) is 0 Å². The zero-order valence-electron chi connectivity index (χ0n) is 9.92. The average molecular weight is 394 g/mol. The van der Waals surface area contributed by atoms with E-state index in [1.807, 2.05) is 0 Å². The Hall–Kier alpha value is -0.430. The third kappa shape index (κ3) is 1.81. The Bertz CT molecular complexity index is 437. The number of likely N-dealkylation sites (tertiary alicyclic amines) is 1. The summed E-state index contributed by atoms with van der Waals surface area (Å²) in [6.07, 6.45) is 0.592. The third-order valence-electron chi connectivity index (χ3n) is 4.62. The molecule has 1 heterocycles. The highest BCUT2D eigenvalue weighted by atomic mass is 79.9. The van der Waals surface area contributed by atoms with Crippen LogP contribution in [0.3, 0.4) is 0 Å². The third-order valence-corrected chi connectivity index (χ3v) is 7.82. The van der Waals surface area contributed by atoms with Crippen molar-refractivity contribution in [3.8, 4) is 0 Å². The Morgan fingerprint density at radius 2 is 1.63 bits per heavy atom. The van der Waals surface area contributed by atoms with Crippen molar-refractivity contribution >= 4 is 49.6 Å². The number of fused-ring (bicyclic) bond motifs is 5. The van der Waals surface area contributed by atoms with Gasteiger partial charge in [0, 0.05) is 28.6 Å². The smallest absolute Gasteiger partial charge is 0.233 e. The second-order valence-electron chi connectivity index (χ2n) is 5.45. The van der Waals surface area contributed by atoms with Crippen LogP contribution in [0.25, 0.3) is 0 Å². The van der Waals surface area contributed by atoms with Gasteiger partial charge in [0.25, 0.3) is 0 Å². The summed E-state index contributed by atoms with van der Waals surface area (Å²) < 4.78 is 0. The van der Waals surface area contributed by atoms with E-state index in [0.717, 1.165) is 11.3 Å². The van der Waals surface area contributed by atoms with Crippen molar-refractivity contribution < 1.29 is 19.5 Å². The largest absolute Gasteiger partial charge is 0.550 e. The molecule has 19 heavy (non-hydrogen) atoms. The molecule has 7 heteroatoms. The Balaban J connectivity index is 1.83. The first kappa shape index (κ1) is 13.5. The second-order valence-corrected chi connectivity index (χ2v) is 7.57. The molecule has 3 rings (SSSR count). The second kappa shape index (κ2) is 4.55. The summed E-state index contributed by atoms with van der Waals surface area (Å²) in [5.74, 6) is -1.83. The Kier molecular flexibility index (Phi) is 3.24. The average Bonchev–Trinajstić information content (AvgIpc) is 2.93. The lowest BCUT2D eigenvalue weighted by atomic mass is 9.81. The fourth-order valence-electron chi connectivity index (χ4n) is 3.83. The lowest BCUT2D eigenvalue weighted by Crippen LogP contribution is -2.37. The summed E-state index contributed by atoms with van der Waals surface area (Å²) in [7, 11) is 0. The molecule has 0 aromatic rings. The van der Waals surface area contributed by atoms with E-state index in [0.29, 0.717) is 0 Å². The molecule has 0 radical (unpaired) electrons. The summed E-state index contributed by atoms with van der Waals surface area (Å²) in [5.41, 5.74) is 0. The Morgan fingerprint density at radius 1 is 1.16 bits per heavy atom. The molecule has 3 aliphatic rings. The van der Waals surface area contributed by atoms with E-state index in [-0.39, 0.29) is 58.1 Å². The van der Waals surface area contributed by atoms with Crippen LogP contribution in [0.1, 0.15) is 12.8 Å². The topological polar surface area (TPSA) is 77.5 Å². The zero-order valence-corrected chi connectivity index (χ0v) is 13.1. The van der Waals surface area contributed by atoms with Crippen LogP contribution in [0.15, 0.2) is 0 Å². The van der Waals surface area contributed by atoms with Gasteiger partial charge in [-0.1, -0.05) is 31.9 Å². The van der Waals surface area contributed by atoms with Gasteiger partial charge in [-0.15, -0.1) is 0 Å². The molecule has 5 nitrogen and oxygen atoms in total. The standard InChI is InChI=1S/C12H13Br2NO4/c13-9-4-3-5(10(9)14)8-7(4)11(18)15(12(8)19)2-1-6(16)17/h4-5,7-10H,1-3H2,(H,16,17)/p-1/t4-,5+,7-,8-,9-,10+/m1/s1. The minimum atomic E-state index is -1.24. The quantitative estimate of drug-likeness (QED) is 0.495. The summed E-state index contributed by atoms with van der Waals surface area (Å²) in [5, 5.41) is 10.5. The molecule has 0 aromatic carbocycles. The molecule has 0 spiro atoms. The highest BCUT2D eigenvalue weighted by molar-refractivity contribution is 9.12. The highest BCUT2D eigenvalue weighted by Crippen LogP contribution is 2.60. The predicted octanol–water partition coefficient (Wildman–Crippen LogP) is -0.0957. The zero-order chi connectivity index (χ0) is 13.9. The number of hydrogen-bond acceptors (Lipinski definition) is 4. The van der Waals surface area contributed by atoms with Gasteiger partial charge >= 0.3 is 0 Å². The van der Waals surface area contributed by atoms with Gasteiger partial charge in [-0.3, -0.25) is 14.5 Å². The van der Waals surface area contributed by atoms with Crippen LogP contribution in [0.2, 0.25) is 0 Å². The molecule has 3 fully saturated rings. The molecule has 104 valence electrons. The van der Waals surface area contributed by atoms with E-state index in [4.69, 9.17) is 0 Å². The predicted molar refractivity (Wildman–Crippen MR) is 70.4 cm³/mol. The first-order valence-corrected chi connectivity index (χ1v) is 8.10. The minimum absolute atomic E-state index is 0.0632. The fourth-order valence-corrected chi connectivity index (χ4v) is 5.71. The maximum atomic E-state index is 12.3. The van der Waals surface area contributed by atoms with Crippen molar-refractivity contribution in [1.82, 2.24) is 4.90 Å². The monoisotopic (exact) mass is 392 g/mol. The molecule has 2 amide bonds. The first-order chi connectivity index (χ1) is 8.93. The van der Waals surface area contributed by atoms with Crippen LogP contribution in [0.4, 0.5) is 0 Å². The van der Waals surface area contributed by atoms with Crippen LogP contribution in [0.5, 0.6) is 0 Å². The van der Waals surface area contributed by atoms with Gasteiger partial charge in [-0.05, 0) is 18.3 Å². The van der Waals surface area contributed by atoms with E-state index in [9.17, 15) is 19.5 Å². The molecule has 1 aliphatic heterocycles. The van der Waals surface area contributed by atoms with Gasteiger partial charge in [-0.2, -0.15) is 0 Å². The molecule has 0 unspecified atom stereocenters. The summed E-state index contributed by atoms with van der Waals surface area (Å²) in [6.45, 7) is -0.0632. The van der Waals surface area contributed by atoms with E-state index >= 15 is 0 Å². The van der Waals surface area contributed by atoms with Gasteiger partial charge in [0.15, 0.2) is 0 Å². The lowest BCUT2D eigenvalue weighted by molar-refractivity contribution is -0.305. The van der Waals surface area contributed by atoms with Crippen molar-refractivity contribution in [2.24, 2.45) is 23.7 Å². The molecular formula is C12H12Br2NO4-. The molecule has 2 aliphatic carbocycles. The number of carbonyl (C=O) groups excluding carboxylic acids is 3. The van der Waals surface area contributed by atoms with Crippen LogP contribution in [-0.2, 0) is 14.4 Å². The number of amides is 2. The Morgan fingerprint density at radius 3 is 2.05 bits per heavy atom. The summed E-state index contributed by atoms with van der Waals surface area (Å²) in [4.78, 5) is 36.6. The minimum Gasteiger partial charge on any atom is -0.550 e. The van der Waals surface area contributed by atoms with E-state index in [2.05, 4.69) is 31.9 Å². The van der Waals surface area contributed by atoms with E-state index in [1.165, 1.54) is 0 Å².